The van der Waals surface area contributed by atoms with Crippen molar-refractivity contribution in [3.8, 4) is 5.75 Å². The molecule has 1 saturated heterocycles. The Bertz CT molecular complexity index is 453. The molecule has 0 spiro atoms. The number of carbonyl (C=O) groups excluding carboxylic acids is 1. The van der Waals surface area contributed by atoms with Crippen molar-refractivity contribution in [2.75, 3.05) is 19.0 Å². The summed E-state index contributed by atoms with van der Waals surface area (Å²) in [6, 6.07) is 7.07. The average Bonchev–Trinajstić information content (AvgIpc) is 2.86. The summed E-state index contributed by atoms with van der Waals surface area (Å²) >= 11 is 11.7. The predicted molar refractivity (Wildman–Crippen MR) is 76.9 cm³/mol. The topological polar surface area (TPSA) is 29.5 Å². The highest BCUT2D eigenvalue weighted by Gasteiger charge is 2.29. The van der Waals surface area contributed by atoms with E-state index in [2.05, 4.69) is 0 Å². The molecule has 3 nitrogen and oxygen atoms in total. The fraction of sp³-hybridized carbons (Fsp3) is 0.500. The summed E-state index contributed by atoms with van der Waals surface area (Å²) in [6.07, 6.45) is 0.464. The van der Waals surface area contributed by atoms with Crippen LogP contribution < -0.4 is 4.74 Å². The zero-order chi connectivity index (χ0) is 13.8. The van der Waals surface area contributed by atoms with E-state index in [1.54, 1.807) is 31.2 Å². The lowest BCUT2D eigenvalue weighted by Crippen LogP contribution is -2.39. The summed E-state index contributed by atoms with van der Waals surface area (Å²) < 4.78 is 5.63. The second-order valence-corrected chi connectivity index (χ2v) is 5.56. The van der Waals surface area contributed by atoms with Gasteiger partial charge in [0.1, 0.15) is 5.75 Å². The monoisotopic (exact) mass is 301 g/mol. The Kier molecular flexibility index (Phi) is 4.94. The molecule has 0 saturated carbocycles. The van der Waals surface area contributed by atoms with Gasteiger partial charge in [-0.3, -0.25) is 4.79 Å². The zero-order valence-corrected chi connectivity index (χ0v) is 12.3. The van der Waals surface area contributed by atoms with Crippen molar-refractivity contribution in [1.29, 1.82) is 0 Å². The van der Waals surface area contributed by atoms with Crippen LogP contribution in [-0.4, -0.2) is 35.9 Å². The Morgan fingerprint density at radius 1 is 1.58 bits per heavy atom. The van der Waals surface area contributed by atoms with Crippen molar-refractivity contribution in [3.63, 3.8) is 0 Å². The molecule has 1 amide bonds. The van der Waals surface area contributed by atoms with Crippen LogP contribution in [0.2, 0.25) is 5.02 Å². The van der Waals surface area contributed by atoms with Crippen LogP contribution in [0.15, 0.2) is 24.3 Å². The first-order chi connectivity index (χ1) is 9.10. The largest absolute Gasteiger partial charge is 0.481 e. The highest BCUT2D eigenvalue weighted by Crippen LogP contribution is 2.21. The molecule has 1 heterocycles. The van der Waals surface area contributed by atoms with E-state index < -0.39 is 6.10 Å². The second-order valence-electron chi connectivity index (χ2n) is 4.81. The van der Waals surface area contributed by atoms with E-state index in [1.807, 2.05) is 4.90 Å². The van der Waals surface area contributed by atoms with E-state index in [9.17, 15) is 4.79 Å². The fourth-order valence-corrected chi connectivity index (χ4v) is 2.64. The lowest BCUT2D eigenvalue weighted by Gasteiger charge is -2.21. The molecule has 0 aliphatic carbocycles. The van der Waals surface area contributed by atoms with Crippen LogP contribution >= 0.6 is 23.2 Å². The van der Waals surface area contributed by atoms with Gasteiger partial charge < -0.3 is 9.64 Å². The molecule has 104 valence electrons. The molecule has 2 unspecified atom stereocenters. The van der Waals surface area contributed by atoms with Gasteiger partial charge in [-0.2, -0.15) is 0 Å². The van der Waals surface area contributed by atoms with Gasteiger partial charge >= 0.3 is 0 Å². The summed E-state index contributed by atoms with van der Waals surface area (Å²) in [5.41, 5.74) is 0. The van der Waals surface area contributed by atoms with Gasteiger partial charge in [-0.15, -0.1) is 11.6 Å². The Labute approximate surface area is 123 Å². The Morgan fingerprint density at radius 3 is 3.00 bits per heavy atom. The molecule has 1 fully saturated rings. The number of hydrogen-bond acceptors (Lipinski definition) is 2. The molecule has 1 aliphatic heterocycles. The molecule has 0 N–H and O–H groups in total. The van der Waals surface area contributed by atoms with Crippen molar-refractivity contribution in [1.82, 2.24) is 4.90 Å². The molecule has 2 atom stereocenters. The van der Waals surface area contributed by atoms with Gasteiger partial charge in [0, 0.05) is 24.0 Å². The molecule has 0 radical (unpaired) electrons. The van der Waals surface area contributed by atoms with Crippen molar-refractivity contribution in [2.24, 2.45) is 5.92 Å². The molecule has 1 aromatic carbocycles. The highest BCUT2D eigenvalue weighted by atomic mass is 35.5. The maximum absolute atomic E-state index is 12.2. The highest BCUT2D eigenvalue weighted by molar-refractivity contribution is 6.30. The van der Waals surface area contributed by atoms with Crippen molar-refractivity contribution >= 4 is 29.1 Å². The van der Waals surface area contributed by atoms with Gasteiger partial charge in [0.05, 0.1) is 0 Å². The van der Waals surface area contributed by atoms with E-state index in [-0.39, 0.29) is 5.91 Å². The zero-order valence-electron chi connectivity index (χ0n) is 10.8. The number of rotatable bonds is 4. The van der Waals surface area contributed by atoms with Crippen LogP contribution in [0.3, 0.4) is 0 Å². The van der Waals surface area contributed by atoms with Crippen LogP contribution in [0, 0.1) is 5.92 Å². The Morgan fingerprint density at radius 2 is 2.37 bits per heavy atom. The first-order valence-electron chi connectivity index (χ1n) is 6.37. The van der Waals surface area contributed by atoms with E-state index >= 15 is 0 Å². The predicted octanol–water partition coefficient (Wildman–Crippen LogP) is 3.19. The van der Waals surface area contributed by atoms with Crippen molar-refractivity contribution in [3.05, 3.63) is 29.3 Å². The SMILES string of the molecule is CC(Oc1cccc(Cl)c1)C(=O)N1CCC(CCl)C1. The molecular weight excluding hydrogens is 285 g/mol. The number of nitrogens with zero attached hydrogens (tertiary/aromatic N) is 1. The van der Waals surface area contributed by atoms with Crippen LogP contribution in [0.1, 0.15) is 13.3 Å². The summed E-state index contributed by atoms with van der Waals surface area (Å²) in [5, 5.41) is 0.598. The Hall–Kier alpha value is -0.930. The van der Waals surface area contributed by atoms with E-state index in [4.69, 9.17) is 27.9 Å². The third-order valence-electron chi connectivity index (χ3n) is 3.27. The van der Waals surface area contributed by atoms with Crippen LogP contribution in [0.25, 0.3) is 0 Å². The number of carbonyl (C=O) groups is 1. The standard InChI is InChI=1S/C14H17Cl2NO2/c1-10(19-13-4-2-3-12(16)7-13)14(18)17-6-5-11(8-15)9-17/h2-4,7,10-11H,5-6,8-9H2,1H3. The van der Waals surface area contributed by atoms with Gasteiger partial charge in [0.25, 0.3) is 5.91 Å². The second kappa shape index (κ2) is 6.49. The quantitative estimate of drug-likeness (QED) is 0.799. The number of ether oxygens (including phenoxy) is 1. The van der Waals surface area contributed by atoms with Gasteiger partial charge in [-0.05, 0) is 37.5 Å². The minimum absolute atomic E-state index is 0.00703. The van der Waals surface area contributed by atoms with Crippen LogP contribution in [0.5, 0.6) is 5.75 Å². The number of likely N-dealkylation sites (tertiary alicyclic amines) is 1. The number of halogens is 2. The van der Waals surface area contributed by atoms with E-state index in [0.717, 1.165) is 19.5 Å². The van der Waals surface area contributed by atoms with Crippen LogP contribution in [0.4, 0.5) is 0 Å². The van der Waals surface area contributed by atoms with Crippen molar-refractivity contribution < 1.29 is 9.53 Å². The van der Waals surface area contributed by atoms with E-state index in [1.165, 1.54) is 0 Å². The molecule has 19 heavy (non-hydrogen) atoms. The lowest BCUT2D eigenvalue weighted by atomic mass is 10.2. The molecule has 5 heteroatoms. The summed E-state index contributed by atoms with van der Waals surface area (Å²) in [4.78, 5) is 14.0. The maximum atomic E-state index is 12.2. The first kappa shape index (κ1) is 14.5. The number of hydrogen-bond donors (Lipinski definition) is 0. The minimum atomic E-state index is -0.507. The summed E-state index contributed by atoms with van der Waals surface area (Å²) in [5.74, 6) is 1.63. The Balaban J connectivity index is 1.93. The smallest absolute Gasteiger partial charge is 0.263 e. The molecular formula is C14H17Cl2NO2. The van der Waals surface area contributed by atoms with Crippen LogP contribution in [-0.2, 0) is 4.79 Å². The molecule has 2 rings (SSSR count). The number of alkyl halides is 1. The lowest BCUT2D eigenvalue weighted by molar-refractivity contribution is -0.136. The molecule has 1 aromatic rings. The number of benzene rings is 1. The molecule has 1 aliphatic rings. The third-order valence-corrected chi connectivity index (χ3v) is 3.94. The van der Waals surface area contributed by atoms with Gasteiger partial charge in [-0.1, -0.05) is 17.7 Å². The van der Waals surface area contributed by atoms with E-state index in [0.29, 0.717) is 22.6 Å². The molecule has 0 aromatic heterocycles. The maximum Gasteiger partial charge on any atom is 0.263 e. The minimum Gasteiger partial charge on any atom is -0.481 e. The first-order valence-corrected chi connectivity index (χ1v) is 7.28. The number of amides is 1. The third kappa shape index (κ3) is 3.77. The average molecular weight is 302 g/mol. The van der Waals surface area contributed by atoms with Crippen molar-refractivity contribution in [2.45, 2.75) is 19.4 Å². The fourth-order valence-electron chi connectivity index (χ4n) is 2.21. The summed E-state index contributed by atoms with van der Waals surface area (Å²) in [7, 11) is 0. The molecule has 0 bridgehead atoms. The normalized spacial score (nSPS) is 20.4. The van der Waals surface area contributed by atoms with Gasteiger partial charge in [0.15, 0.2) is 6.10 Å². The van der Waals surface area contributed by atoms with Gasteiger partial charge in [0.2, 0.25) is 0 Å². The summed E-state index contributed by atoms with van der Waals surface area (Å²) in [6.45, 7) is 3.25. The van der Waals surface area contributed by atoms with Gasteiger partial charge in [-0.25, -0.2) is 0 Å².